The molecule has 4 aromatic rings. The molecule has 0 bridgehead atoms. The van der Waals surface area contributed by atoms with Crippen LogP contribution in [0.2, 0.25) is 5.02 Å². The molecule has 0 saturated heterocycles. The number of carbonyl (C=O) groups is 1. The van der Waals surface area contributed by atoms with E-state index >= 15 is 0 Å². The van der Waals surface area contributed by atoms with Crippen molar-refractivity contribution in [3.8, 4) is 11.5 Å². The van der Waals surface area contributed by atoms with E-state index in [2.05, 4.69) is 17.1 Å². The maximum atomic E-state index is 12.6. The van der Waals surface area contributed by atoms with Crippen LogP contribution in [0, 0.1) is 0 Å². The Bertz CT molecular complexity index is 1330. The van der Waals surface area contributed by atoms with Crippen molar-refractivity contribution in [2.45, 2.75) is 6.92 Å². The van der Waals surface area contributed by atoms with E-state index in [1.807, 2.05) is 43.3 Å². The van der Waals surface area contributed by atoms with Crippen LogP contribution in [0.3, 0.4) is 0 Å². The van der Waals surface area contributed by atoms with Crippen LogP contribution in [0.25, 0.3) is 21.7 Å². The minimum absolute atomic E-state index is 0.176. The number of rotatable bonds is 8. The highest BCUT2D eigenvalue weighted by molar-refractivity contribution is 6.32. The van der Waals surface area contributed by atoms with Gasteiger partial charge < -0.3 is 13.9 Å². The smallest absolute Gasteiger partial charge is 0.307 e. The summed E-state index contributed by atoms with van der Waals surface area (Å²) in [4.78, 5) is 12.6. The van der Waals surface area contributed by atoms with Crippen LogP contribution in [0.1, 0.15) is 23.0 Å². The van der Waals surface area contributed by atoms with Gasteiger partial charge in [0.05, 0.1) is 17.8 Å². The first-order valence-corrected chi connectivity index (χ1v) is 10.4. The van der Waals surface area contributed by atoms with Crippen LogP contribution in [0.4, 0.5) is 0 Å². The fourth-order valence-corrected chi connectivity index (χ4v) is 3.61. The summed E-state index contributed by atoms with van der Waals surface area (Å²) in [6.07, 6.45) is 3.10. The number of ether oxygens (including phenoxy) is 2. The Labute approximate surface area is 190 Å². The zero-order valence-corrected chi connectivity index (χ0v) is 18.2. The fraction of sp³-hybridized carbons (Fsp3) is 0.120. The number of nitrogens with one attached hydrogen (secondary N) is 1. The second-order valence-corrected chi connectivity index (χ2v) is 7.28. The standard InChI is InChI=1S/C25H21ClN2O4/c1-3-11-31-24-20(26)12-16(13-22(24)30-4-2)15-27-28-25(29)23-14-19-18-8-6-5-7-17(18)9-10-21(19)32-23/h3,5-10,12-15H,1,4,11H2,2H3,(H,28,29)/b27-15+. The van der Waals surface area contributed by atoms with Crippen LogP contribution in [0.5, 0.6) is 11.5 Å². The van der Waals surface area contributed by atoms with Crippen LogP contribution < -0.4 is 14.9 Å². The summed E-state index contributed by atoms with van der Waals surface area (Å²) in [5, 5.41) is 7.37. The van der Waals surface area contributed by atoms with E-state index in [-0.39, 0.29) is 5.76 Å². The van der Waals surface area contributed by atoms with Gasteiger partial charge in [-0.05, 0) is 47.5 Å². The topological polar surface area (TPSA) is 73.1 Å². The number of carbonyl (C=O) groups excluding carboxylic acids is 1. The van der Waals surface area contributed by atoms with Gasteiger partial charge in [0.25, 0.3) is 0 Å². The highest BCUT2D eigenvalue weighted by atomic mass is 35.5. The molecule has 0 spiro atoms. The number of benzene rings is 3. The lowest BCUT2D eigenvalue weighted by Crippen LogP contribution is -2.16. The summed E-state index contributed by atoms with van der Waals surface area (Å²) in [7, 11) is 0. The maximum absolute atomic E-state index is 12.6. The van der Waals surface area contributed by atoms with Gasteiger partial charge in [-0.1, -0.05) is 54.6 Å². The van der Waals surface area contributed by atoms with Crippen molar-refractivity contribution in [1.82, 2.24) is 5.43 Å². The van der Waals surface area contributed by atoms with Gasteiger partial charge in [-0.25, -0.2) is 5.43 Å². The highest BCUT2D eigenvalue weighted by Gasteiger charge is 2.14. The monoisotopic (exact) mass is 448 g/mol. The average Bonchev–Trinajstić information content (AvgIpc) is 3.24. The molecule has 1 amide bonds. The summed E-state index contributed by atoms with van der Waals surface area (Å²) >= 11 is 6.33. The van der Waals surface area contributed by atoms with Crippen molar-refractivity contribution in [3.63, 3.8) is 0 Å². The number of hydrazone groups is 1. The number of nitrogens with zero attached hydrogens (tertiary/aromatic N) is 1. The van der Waals surface area contributed by atoms with E-state index in [1.54, 1.807) is 24.3 Å². The molecule has 7 heteroatoms. The third-order valence-corrected chi connectivity index (χ3v) is 4.99. The molecule has 0 aliphatic carbocycles. The molecule has 1 N–H and O–H groups in total. The first-order chi connectivity index (χ1) is 15.6. The van der Waals surface area contributed by atoms with Crippen molar-refractivity contribution in [2.75, 3.05) is 13.2 Å². The predicted octanol–water partition coefficient (Wildman–Crippen LogP) is 5.97. The first-order valence-electron chi connectivity index (χ1n) is 10.1. The summed E-state index contributed by atoms with van der Waals surface area (Å²) in [6, 6.07) is 16.9. The molecule has 6 nitrogen and oxygen atoms in total. The summed E-state index contributed by atoms with van der Waals surface area (Å²) in [5.41, 5.74) is 3.76. The molecule has 0 atom stereocenters. The lowest BCUT2D eigenvalue weighted by Gasteiger charge is -2.13. The second kappa shape index (κ2) is 9.58. The lowest BCUT2D eigenvalue weighted by molar-refractivity contribution is 0.0929. The number of amides is 1. The van der Waals surface area contributed by atoms with Crippen LogP contribution in [-0.4, -0.2) is 25.3 Å². The van der Waals surface area contributed by atoms with Gasteiger partial charge >= 0.3 is 5.91 Å². The van der Waals surface area contributed by atoms with E-state index in [0.29, 0.717) is 40.9 Å². The third-order valence-electron chi connectivity index (χ3n) is 4.71. The number of furan rings is 1. The molecular weight excluding hydrogens is 428 g/mol. The van der Waals surface area contributed by atoms with Gasteiger partial charge in [0.15, 0.2) is 17.3 Å². The molecule has 0 fully saturated rings. The summed E-state index contributed by atoms with van der Waals surface area (Å²) in [5.74, 6) is 0.640. The molecule has 162 valence electrons. The van der Waals surface area contributed by atoms with E-state index in [1.165, 1.54) is 6.21 Å². The molecular formula is C25H21ClN2O4. The quantitative estimate of drug-likeness (QED) is 0.205. The summed E-state index contributed by atoms with van der Waals surface area (Å²) in [6.45, 7) is 6.24. The average molecular weight is 449 g/mol. The Morgan fingerprint density at radius 1 is 1.16 bits per heavy atom. The minimum Gasteiger partial charge on any atom is -0.490 e. The van der Waals surface area contributed by atoms with Crippen molar-refractivity contribution in [1.29, 1.82) is 0 Å². The Balaban J connectivity index is 1.53. The van der Waals surface area contributed by atoms with Gasteiger partial charge in [-0.15, -0.1) is 0 Å². The van der Waals surface area contributed by atoms with E-state index in [4.69, 9.17) is 25.5 Å². The molecule has 0 aliphatic heterocycles. The number of hydrogen-bond donors (Lipinski definition) is 1. The van der Waals surface area contributed by atoms with Crippen molar-refractivity contribution >= 4 is 45.5 Å². The Hall–Kier alpha value is -3.77. The molecule has 4 rings (SSSR count). The second-order valence-electron chi connectivity index (χ2n) is 6.87. The number of fused-ring (bicyclic) bond motifs is 3. The van der Waals surface area contributed by atoms with Gasteiger partial charge in [0, 0.05) is 5.39 Å². The SMILES string of the molecule is C=CCOc1c(Cl)cc(/C=N/NC(=O)c2cc3c(ccc4ccccc43)o2)cc1OCC. The largest absolute Gasteiger partial charge is 0.490 e. The van der Waals surface area contributed by atoms with Gasteiger partial charge in [0.1, 0.15) is 12.2 Å². The van der Waals surface area contributed by atoms with Crippen LogP contribution in [-0.2, 0) is 0 Å². The van der Waals surface area contributed by atoms with Gasteiger partial charge in [-0.3, -0.25) is 4.79 Å². The molecule has 0 unspecified atom stereocenters. The zero-order valence-electron chi connectivity index (χ0n) is 17.4. The molecule has 32 heavy (non-hydrogen) atoms. The molecule has 0 saturated carbocycles. The Morgan fingerprint density at radius 3 is 2.81 bits per heavy atom. The third kappa shape index (κ3) is 4.45. The molecule has 0 aliphatic rings. The van der Waals surface area contributed by atoms with E-state index < -0.39 is 5.91 Å². The van der Waals surface area contributed by atoms with Crippen molar-refractivity contribution < 1.29 is 18.7 Å². The number of halogens is 1. The molecule has 1 aromatic heterocycles. The minimum atomic E-state index is -0.455. The van der Waals surface area contributed by atoms with E-state index in [9.17, 15) is 4.79 Å². The zero-order chi connectivity index (χ0) is 22.5. The Morgan fingerprint density at radius 2 is 2.00 bits per heavy atom. The molecule has 0 radical (unpaired) electrons. The lowest BCUT2D eigenvalue weighted by atomic mass is 10.1. The van der Waals surface area contributed by atoms with Crippen LogP contribution in [0.15, 0.2) is 76.8 Å². The van der Waals surface area contributed by atoms with E-state index in [0.717, 1.165) is 16.2 Å². The predicted molar refractivity (Wildman–Crippen MR) is 127 cm³/mol. The van der Waals surface area contributed by atoms with Crippen molar-refractivity contribution in [3.05, 3.63) is 83.6 Å². The fourth-order valence-electron chi connectivity index (χ4n) is 3.33. The Kier molecular flexibility index (Phi) is 6.42. The van der Waals surface area contributed by atoms with Crippen molar-refractivity contribution in [2.24, 2.45) is 5.10 Å². The first kappa shape index (κ1) is 21.5. The normalized spacial score (nSPS) is 11.2. The highest BCUT2D eigenvalue weighted by Crippen LogP contribution is 2.36. The maximum Gasteiger partial charge on any atom is 0.307 e. The van der Waals surface area contributed by atoms with Crippen LogP contribution >= 0.6 is 11.6 Å². The van der Waals surface area contributed by atoms with Gasteiger partial charge in [0.2, 0.25) is 0 Å². The summed E-state index contributed by atoms with van der Waals surface area (Å²) < 4.78 is 16.9. The number of hydrogen-bond acceptors (Lipinski definition) is 5. The molecule has 3 aromatic carbocycles. The molecule has 1 heterocycles. The van der Waals surface area contributed by atoms with Gasteiger partial charge in [-0.2, -0.15) is 5.10 Å².